The standard InChI is InChI=1S/C11H12BN3O3S/c1-7-6-19-11(14-7)15-13-5-8-4-9(12(17)18)2-3-10(8)16/h2-6,16-18H,1H3,(H,14,15). The van der Waals surface area contributed by atoms with Crippen LogP contribution in [-0.2, 0) is 0 Å². The molecule has 0 amide bonds. The molecule has 8 heteroatoms. The lowest BCUT2D eigenvalue weighted by Crippen LogP contribution is -2.29. The average molecular weight is 277 g/mol. The smallest absolute Gasteiger partial charge is 0.488 e. The largest absolute Gasteiger partial charge is 0.507 e. The highest BCUT2D eigenvalue weighted by Crippen LogP contribution is 2.15. The van der Waals surface area contributed by atoms with Crippen LogP contribution >= 0.6 is 11.3 Å². The van der Waals surface area contributed by atoms with Crippen LogP contribution in [0, 0.1) is 6.92 Å². The molecule has 0 fully saturated rings. The third-order valence-electron chi connectivity index (χ3n) is 2.33. The molecular weight excluding hydrogens is 265 g/mol. The van der Waals surface area contributed by atoms with Crippen molar-refractivity contribution in [3.05, 3.63) is 34.8 Å². The Morgan fingerprint density at radius 1 is 1.42 bits per heavy atom. The van der Waals surface area contributed by atoms with E-state index in [-0.39, 0.29) is 11.2 Å². The van der Waals surface area contributed by atoms with Gasteiger partial charge in [-0.3, -0.25) is 5.43 Å². The highest BCUT2D eigenvalue weighted by molar-refractivity contribution is 7.13. The first kappa shape index (κ1) is 13.5. The second kappa shape index (κ2) is 5.83. The first-order valence-electron chi connectivity index (χ1n) is 5.46. The van der Waals surface area contributed by atoms with Gasteiger partial charge in [0, 0.05) is 10.9 Å². The summed E-state index contributed by atoms with van der Waals surface area (Å²) in [6, 6.07) is 4.25. The molecule has 0 aliphatic heterocycles. The van der Waals surface area contributed by atoms with Gasteiger partial charge in [0.05, 0.1) is 11.9 Å². The lowest BCUT2D eigenvalue weighted by Gasteiger charge is -2.03. The Kier molecular flexibility index (Phi) is 4.15. The van der Waals surface area contributed by atoms with E-state index in [2.05, 4.69) is 15.5 Å². The summed E-state index contributed by atoms with van der Waals surface area (Å²) in [5, 5.41) is 34.2. The van der Waals surface area contributed by atoms with Gasteiger partial charge in [-0.1, -0.05) is 6.07 Å². The molecule has 0 saturated heterocycles. The van der Waals surface area contributed by atoms with E-state index in [1.165, 1.54) is 35.8 Å². The number of nitrogens with one attached hydrogen (secondary N) is 1. The first-order valence-corrected chi connectivity index (χ1v) is 6.34. The summed E-state index contributed by atoms with van der Waals surface area (Å²) in [6.07, 6.45) is 1.39. The van der Waals surface area contributed by atoms with E-state index in [0.29, 0.717) is 10.7 Å². The molecule has 0 atom stereocenters. The molecule has 0 aliphatic rings. The van der Waals surface area contributed by atoms with Crippen LogP contribution in [0.2, 0.25) is 0 Å². The molecule has 1 aromatic carbocycles. The third kappa shape index (κ3) is 3.54. The van der Waals surface area contributed by atoms with Crippen molar-refractivity contribution in [3.63, 3.8) is 0 Å². The molecule has 1 aromatic heterocycles. The Morgan fingerprint density at radius 2 is 2.21 bits per heavy atom. The molecule has 0 saturated carbocycles. The molecule has 4 N–H and O–H groups in total. The molecule has 0 unspecified atom stereocenters. The Hall–Kier alpha value is -1.90. The van der Waals surface area contributed by atoms with Gasteiger partial charge in [0.15, 0.2) is 0 Å². The lowest BCUT2D eigenvalue weighted by atomic mass is 9.79. The number of rotatable bonds is 4. The minimum Gasteiger partial charge on any atom is -0.507 e. The van der Waals surface area contributed by atoms with E-state index in [4.69, 9.17) is 10.0 Å². The van der Waals surface area contributed by atoms with Crippen molar-refractivity contribution < 1.29 is 15.2 Å². The van der Waals surface area contributed by atoms with Crippen LogP contribution in [0.4, 0.5) is 5.13 Å². The van der Waals surface area contributed by atoms with Crippen LogP contribution in [0.3, 0.4) is 0 Å². The molecule has 0 radical (unpaired) electrons. The molecule has 6 nitrogen and oxygen atoms in total. The second-order valence-corrected chi connectivity index (χ2v) is 4.71. The van der Waals surface area contributed by atoms with Crippen molar-refractivity contribution in [2.24, 2.45) is 5.10 Å². The summed E-state index contributed by atoms with van der Waals surface area (Å²) in [4.78, 5) is 4.16. The fourth-order valence-corrected chi connectivity index (χ4v) is 2.04. The van der Waals surface area contributed by atoms with Gasteiger partial charge < -0.3 is 15.2 Å². The van der Waals surface area contributed by atoms with E-state index in [9.17, 15) is 5.11 Å². The van der Waals surface area contributed by atoms with Gasteiger partial charge in [0.2, 0.25) is 5.13 Å². The number of phenols is 1. The minimum atomic E-state index is -1.58. The molecule has 0 aliphatic carbocycles. The average Bonchev–Trinajstić information content (AvgIpc) is 2.77. The number of aromatic hydroxyl groups is 1. The summed E-state index contributed by atoms with van der Waals surface area (Å²) in [7, 11) is -1.58. The van der Waals surface area contributed by atoms with Crippen molar-refractivity contribution in [3.8, 4) is 5.75 Å². The lowest BCUT2D eigenvalue weighted by molar-refractivity contribution is 0.425. The first-order chi connectivity index (χ1) is 9.06. The highest BCUT2D eigenvalue weighted by Gasteiger charge is 2.12. The number of phenolic OH excluding ortho intramolecular Hbond substituents is 1. The van der Waals surface area contributed by atoms with Crippen LogP contribution in [0.15, 0.2) is 28.7 Å². The molecule has 1 heterocycles. The molecule has 2 rings (SSSR count). The summed E-state index contributed by atoms with van der Waals surface area (Å²) in [5.74, 6) is 0.00488. The van der Waals surface area contributed by atoms with Crippen LogP contribution in [-0.4, -0.2) is 33.5 Å². The molecule has 2 aromatic rings. The Bertz CT molecular complexity index is 601. The van der Waals surface area contributed by atoms with E-state index in [0.717, 1.165) is 5.69 Å². The normalized spacial score (nSPS) is 10.9. The zero-order valence-corrected chi connectivity index (χ0v) is 10.9. The number of nitrogens with zero attached hydrogens (tertiary/aromatic N) is 2. The van der Waals surface area contributed by atoms with Crippen molar-refractivity contribution >= 4 is 35.3 Å². The third-order valence-corrected chi connectivity index (χ3v) is 3.20. The number of hydrazone groups is 1. The van der Waals surface area contributed by atoms with Gasteiger partial charge >= 0.3 is 7.12 Å². The number of hydrogen-bond acceptors (Lipinski definition) is 7. The Morgan fingerprint density at radius 3 is 2.84 bits per heavy atom. The predicted octanol–water partition coefficient (Wildman–Crippen LogP) is 0.283. The Labute approximate surface area is 114 Å². The number of hydrogen-bond donors (Lipinski definition) is 4. The maximum absolute atomic E-state index is 9.62. The summed E-state index contributed by atoms with van der Waals surface area (Å²) in [5.41, 5.74) is 4.29. The van der Waals surface area contributed by atoms with E-state index >= 15 is 0 Å². The second-order valence-electron chi connectivity index (χ2n) is 3.86. The van der Waals surface area contributed by atoms with Crippen LogP contribution < -0.4 is 10.9 Å². The maximum Gasteiger partial charge on any atom is 0.488 e. The van der Waals surface area contributed by atoms with Gasteiger partial charge in [-0.25, -0.2) is 4.98 Å². The van der Waals surface area contributed by atoms with Crippen LogP contribution in [0.1, 0.15) is 11.3 Å². The Balaban J connectivity index is 2.11. The fourth-order valence-electron chi connectivity index (χ4n) is 1.40. The van der Waals surface area contributed by atoms with Gasteiger partial charge in [-0.05, 0) is 24.5 Å². The monoisotopic (exact) mass is 277 g/mol. The van der Waals surface area contributed by atoms with E-state index in [1.54, 1.807) is 0 Å². The van der Waals surface area contributed by atoms with Gasteiger partial charge in [0.25, 0.3) is 0 Å². The van der Waals surface area contributed by atoms with Crippen LogP contribution in [0.25, 0.3) is 0 Å². The SMILES string of the molecule is Cc1csc(NN=Cc2cc(B(O)O)ccc2O)n1. The van der Waals surface area contributed by atoms with Crippen LogP contribution in [0.5, 0.6) is 5.75 Å². The fraction of sp³-hybridized carbons (Fsp3) is 0.0909. The van der Waals surface area contributed by atoms with Crippen molar-refractivity contribution in [2.45, 2.75) is 6.92 Å². The molecular formula is C11H12BN3O3S. The van der Waals surface area contributed by atoms with Gasteiger partial charge in [-0.2, -0.15) is 5.10 Å². The molecule has 19 heavy (non-hydrogen) atoms. The molecule has 0 bridgehead atoms. The number of thiazole rings is 1. The summed E-state index contributed by atoms with van der Waals surface area (Å²) >= 11 is 1.42. The topological polar surface area (TPSA) is 98.0 Å². The molecule has 98 valence electrons. The zero-order chi connectivity index (χ0) is 13.8. The van der Waals surface area contributed by atoms with E-state index < -0.39 is 7.12 Å². The number of benzene rings is 1. The summed E-state index contributed by atoms with van der Waals surface area (Å²) < 4.78 is 0. The number of anilines is 1. The minimum absolute atomic E-state index is 0.00488. The van der Waals surface area contributed by atoms with Crippen molar-refractivity contribution in [1.29, 1.82) is 0 Å². The summed E-state index contributed by atoms with van der Waals surface area (Å²) in [6.45, 7) is 1.88. The van der Waals surface area contributed by atoms with Crippen molar-refractivity contribution in [1.82, 2.24) is 4.98 Å². The highest BCUT2D eigenvalue weighted by atomic mass is 32.1. The predicted molar refractivity (Wildman–Crippen MR) is 76.0 cm³/mol. The van der Waals surface area contributed by atoms with E-state index in [1.807, 2.05) is 12.3 Å². The number of aromatic nitrogens is 1. The van der Waals surface area contributed by atoms with Gasteiger partial charge in [0.1, 0.15) is 5.75 Å². The molecule has 0 spiro atoms. The van der Waals surface area contributed by atoms with Gasteiger partial charge in [-0.15, -0.1) is 11.3 Å². The zero-order valence-electron chi connectivity index (χ0n) is 10.1. The quantitative estimate of drug-likeness (QED) is 0.365. The number of aryl methyl sites for hydroxylation is 1. The van der Waals surface area contributed by atoms with Crippen molar-refractivity contribution in [2.75, 3.05) is 5.43 Å². The maximum atomic E-state index is 9.62.